The minimum Gasteiger partial charge on any atom is -0.348 e. The molecule has 29 heavy (non-hydrogen) atoms. The van der Waals surface area contributed by atoms with E-state index in [-0.39, 0.29) is 18.1 Å². The summed E-state index contributed by atoms with van der Waals surface area (Å²) in [6.07, 6.45) is 0. The number of amides is 1. The third-order valence-corrected chi connectivity index (χ3v) is 5.56. The summed E-state index contributed by atoms with van der Waals surface area (Å²) in [6, 6.07) is 15.0. The molecule has 3 aromatic rings. The lowest BCUT2D eigenvalue weighted by Gasteiger charge is -2.10. The number of halogens is 3. The van der Waals surface area contributed by atoms with Gasteiger partial charge in [-0.3, -0.25) is 9.52 Å². The molecule has 0 heterocycles. The molecule has 0 saturated heterocycles. The monoisotopic (exact) mass is 436 g/mol. The molecule has 2 N–H and O–H groups in total. The van der Waals surface area contributed by atoms with Crippen molar-refractivity contribution in [3.8, 4) is 0 Å². The molecule has 0 fully saturated rings. The van der Waals surface area contributed by atoms with Gasteiger partial charge in [0.1, 0.15) is 0 Å². The molecule has 0 aliphatic carbocycles. The van der Waals surface area contributed by atoms with Gasteiger partial charge >= 0.3 is 0 Å². The van der Waals surface area contributed by atoms with E-state index in [4.69, 9.17) is 11.6 Å². The number of nitrogens with one attached hydrogen (secondary N) is 2. The molecule has 0 aromatic heterocycles. The summed E-state index contributed by atoms with van der Waals surface area (Å²) in [7, 11) is -4.11. The highest BCUT2D eigenvalue weighted by Crippen LogP contribution is 2.19. The number of carbonyl (C=O) groups excluding carboxylic acids is 1. The second-order valence-corrected chi connectivity index (χ2v) is 8.19. The van der Waals surface area contributed by atoms with Crippen LogP contribution in [0.1, 0.15) is 15.9 Å². The second-order valence-electron chi connectivity index (χ2n) is 6.07. The van der Waals surface area contributed by atoms with Crippen LogP contribution in [-0.4, -0.2) is 14.3 Å². The Bertz CT molecular complexity index is 1150. The first-order valence-corrected chi connectivity index (χ1v) is 10.2. The van der Waals surface area contributed by atoms with Crippen molar-refractivity contribution in [2.24, 2.45) is 0 Å². The van der Waals surface area contributed by atoms with Crippen LogP contribution in [-0.2, 0) is 16.6 Å². The lowest BCUT2D eigenvalue weighted by Crippen LogP contribution is -2.22. The molecule has 3 aromatic carbocycles. The molecular weight excluding hydrogens is 422 g/mol. The van der Waals surface area contributed by atoms with E-state index in [2.05, 4.69) is 10.0 Å². The van der Waals surface area contributed by atoms with Crippen molar-refractivity contribution in [3.63, 3.8) is 0 Å². The Morgan fingerprint density at radius 2 is 1.66 bits per heavy atom. The number of sulfonamides is 1. The van der Waals surface area contributed by atoms with E-state index >= 15 is 0 Å². The van der Waals surface area contributed by atoms with Gasteiger partial charge in [0.05, 0.1) is 4.90 Å². The van der Waals surface area contributed by atoms with Crippen molar-refractivity contribution in [2.45, 2.75) is 11.4 Å². The van der Waals surface area contributed by atoms with E-state index in [0.29, 0.717) is 16.7 Å². The quantitative estimate of drug-likeness (QED) is 0.603. The average molecular weight is 437 g/mol. The third-order valence-electron chi connectivity index (χ3n) is 3.94. The van der Waals surface area contributed by atoms with Crippen molar-refractivity contribution in [1.29, 1.82) is 0 Å². The molecule has 0 unspecified atom stereocenters. The summed E-state index contributed by atoms with van der Waals surface area (Å²) in [5, 5.41) is 3.30. The van der Waals surface area contributed by atoms with Crippen LogP contribution in [0.3, 0.4) is 0 Å². The Morgan fingerprint density at radius 3 is 2.31 bits per heavy atom. The molecule has 0 spiro atoms. The Labute approximate surface area is 171 Å². The largest absolute Gasteiger partial charge is 0.348 e. The van der Waals surface area contributed by atoms with Gasteiger partial charge in [-0.2, -0.15) is 0 Å². The third kappa shape index (κ3) is 5.30. The van der Waals surface area contributed by atoms with Crippen LogP contribution in [0.5, 0.6) is 0 Å². The molecule has 0 aliphatic heterocycles. The summed E-state index contributed by atoms with van der Waals surface area (Å²) in [6.45, 7) is 0.282. The van der Waals surface area contributed by atoms with E-state index in [1.54, 1.807) is 18.2 Å². The van der Waals surface area contributed by atoms with Gasteiger partial charge in [-0.1, -0.05) is 23.7 Å². The van der Waals surface area contributed by atoms with Gasteiger partial charge in [-0.05, 0) is 60.2 Å². The van der Waals surface area contributed by atoms with Gasteiger partial charge < -0.3 is 5.32 Å². The van der Waals surface area contributed by atoms with Gasteiger partial charge in [0, 0.05) is 22.8 Å². The summed E-state index contributed by atoms with van der Waals surface area (Å²) >= 11 is 5.90. The van der Waals surface area contributed by atoms with Gasteiger partial charge in [0.25, 0.3) is 15.9 Å². The lowest BCUT2D eigenvalue weighted by atomic mass is 10.2. The van der Waals surface area contributed by atoms with Gasteiger partial charge in [-0.25, -0.2) is 17.2 Å². The van der Waals surface area contributed by atoms with Crippen molar-refractivity contribution in [1.82, 2.24) is 5.32 Å². The molecular formula is C20H15ClF2N2O3S. The number of carbonyl (C=O) groups is 1. The fraction of sp³-hybridized carbons (Fsp3) is 0.0500. The zero-order valence-corrected chi connectivity index (χ0v) is 16.4. The average Bonchev–Trinajstić information content (AvgIpc) is 2.68. The smallest absolute Gasteiger partial charge is 0.261 e. The van der Waals surface area contributed by atoms with Crippen LogP contribution < -0.4 is 10.0 Å². The number of rotatable bonds is 6. The molecule has 9 heteroatoms. The van der Waals surface area contributed by atoms with Gasteiger partial charge in [-0.15, -0.1) is 0 Å². The Kier molecular flexibility index (Phi) is 6.14. The molecule has 5 nitrogen and oxygen atoms in total. The summed E-state index contributed by atoms with van der Waals surface area (Å²) < 4.78 is 53.1. The summed E-state index contributed by atoms with van der Waals surface area (Å²) in [4.78, 5) is 11.8. The van der Waals surface area contributed by atoms with Crippen molar-refractivity contribution in [2.75, 3.05) is 4.72 Å². The Balaban J connectivity index is 1.66. The van der Waals surface area contributed by atoms with Crippen molar-refractivity contribution in [3.05, 3.63) is 94.5 Å². The highest BCUT2D eigenvalue weighted by Gasteiger charge is 2.17. The van der Waals surface area contributed by atoms with Crippen LogP contribution >= 0.6 is 11.6 Å². The predicted molar refractivity (Wildman–Crippen MR) is 106 cm³/mol. The first-order chi connectivity index (χ1) is 13.7. The minimum atomic E-state index is -4.11. The second kappa shape index (κ2) is 8.59. The summed E-state index contributed by atoms with van der Waals surface area (Å²) in [5.74, 6) is -2.75. The van der Waals surface area contributed by atoms with Crippen LogP contribution in [0, 0.1) is 11.6 Å². The van der Waals surface area contributed by atoms with E-state index in [9.17, 15) is 22.0 Å². The van der Waals surface area contributed by atoms with Gasteiger partial charge in [0.15, 0.2) is 11.6 Å². The SMILES string of the molecule is O=C(NCc1cccc(Cl)c1)c1ccc(NS(=O)(=O)c2ccc(F)c(F)c2)cc1. The number of benzene rings is 3. The van der Waals surface area contributed by atoms with Crippen molar-refractivity contribution >= 4 is 33.2 Å². The zero-order valence-electron chi connectivity index (χ0n) is 14.8. The topological polar surface area (TPSA) is 75.3 Å². The highest BCUT2D eigenvalue weighted by atomic mass is 35.5. The maximum absolute atomic E-state index is 13.3. The molecule has 0 atom stereocenters. The maximum atomic E-state index is 13.3. The van der Waals surface area contributed by atoms with E-state index in [1.807, 2.05) is 6.07 Å². The van der Waals surface area contributed by atoms with Crippen LogP contribution in [0.4, 0.5) is 14.5 Å². The zero-order chi connectivity index (χ0) is 21.0. The van der Waals surface area contributed by atoms with Crippen LogP contribution in [0.25, 0.3) is 0 Å². The van der Waals surface area contributed by atoms with E-state index in [0.717, 1.165) is 17.7 Å². The normalized spacial score (nSPS) is 11.1. The summed E-state index contributed by atoms with van der Waals surface area (Å²) in [5.41, 5.74) is 1.32. The molecule has 3 rings (SSSR count). The predicted octanol–water partition coefficient (Wildman–Crippen LogP) is 4.35. The van der Waals surface area contributed by atoms with Gasteiger partial charge in [0.2, 0.25) is 0 Å². The van der Waals surface area contributed by atoms with E-state index < -0.39 is 26.6 Å². The maximum Gasteiger partial charge on any atom is 0.261 e. The standard InChI is InChI=1S/C20H15ClF2N2O3S/c21-15-3-1-2-13(10-15)12-24-20(26)14-4-6-16(7-5-14)25-29(27,28)17-8-9-18(22)19(23)11-17/h1-11,25H,12H2,(H,24,26). The number of hydrogen-bond acceptors (Lipinski definition) is 3. The molecule has 150 valence electrons. The molecule has 1 amide bonds. The molecule has 0 bridgehead atoms. The Morgan fingerprint density at radius 1 is 0.931 bits per heavy atom. The minimum absolute atomic E-state index is 0.168. The molecule has 0 radical (unpaired) electrons. The first-order valence-electron chi connectivity index (χ1n) is 8.35. The van der Waals surface area contributed by atoms with Crippen molar-refractivity contribution < 1.29 is 22.0 Å². The first kappa shape index (κ1) is 20.8. The fourth-order valence-electron chi connectivity index (χ4n) is 2.48. The highest BCUT2D eigenvalue weighted by molar-refractivity contribution is 7.92. The van der Waals surface area contributed by atoms with Crippen LogP contribution in [0.2, 0.25) is 5.02 Å². The lowest BCUT2D eigenvalue weighted by molar-refractivity contribution is 0.0951. The molecule has 0 saturated carbocycles. The Hall–Kier alpha value is -2.97. The fourth-order valence-corrected chi connectivity index (χ4v) is 3.76. The number of anilines is 1. The molecule has 0 aliphatic rings. The van der Waals surface area contributed by atoms with Crippen LogP contribution in [0.15, 0.2) is 71.6 Å². The van der Waals surface area contributed by atoms with E-state index in [1.165, 1.54) is 24.3 Å². The number of hydrogen-bond donors (Lipinski definition) is 2.